The van der Waals surface area contributed by atoms with Crippen molar-refractivity contribution in [2.24, 2.45) is 0 Å². The second-order valence-electron chi connectivity index (χ2n) is 2.77. The molecule has 0 aromatic carbocycles. The van der Waals surface area contributed by atoms with Crippen molar-refractivity contribution < 1.29 is 0 Å². The first-order valence-corrected chi connectivity index (χ1v) is 4.25. The van der Waals surface area contributed by atoms with Crippen molar-refractivity contribution in [1.82, 2.24) is 4.90 Å². The summed E-state index contributed by atoms with van der Waals surface area (Å²) >= 11 is 0. The van der Waals surface area contributed by atoms with Crippen molar-refractivity contribution in [2.45, 2.75) is 26.7 Å². The van der Waals surface area contributed by atoms with Gasteiger partial charge in [-0.15, -0.1) is 0 Å². The smallest absolute Gasteiger partial charge is 0.0287 e. The minimum Gasteiger partial charge on any atom is -0.375 e. The lowest BCUT2D eigenvalue weighted by atomic mass is 10.3. The summed E-state index contributed by atoms with van der Waals surface area (Å²) in [6, 6.07) is 0. The van der Waals surface area contributed by atoms with Crippen LogP contribution in [-0.4, -0.2) is 18.5 Å². The van der Waals surface area contributed by atoms with Gasteiger partial charge in [0.05, 0.1) is 0 Å². The molecule has 0 unspecified atom stereocenters. The lowest BCUT2D eigenvalue weighted by Crippen LogP contribution is -2.16. The Labute approximate surface area is 70.4 Å². The Kier molecular flexibility index (Phi) is 5.63. The van der Waals surface area contributed by atoms with E-state index in [0.29, 0.717) is 0 Å². The van der Waals surface area contributed by atoms with E-state index in [1.165, 1.54) is 12.8 Å². The SMILES string of the molecule is C=C(/C=C\C)N(C)CCCC. The maximum Gasteiger partial charge on any atom is 0.0287 e. The minimum atomic E-state index is 1.10. The van der Waals surface area contributed by atoms with Gasteiger partial charge in [0.15, 0.2) is 0 Å². The van der Waals surface area contributed by atoms with Crippen LogP contribution in [-0.2, 0) is 0 Å². The standard InChI is InChI=1S/C10H19N/c1-5-7-9-11(4)10(3)8-6-2/h6,8H,3,5,7,9H2,1-2,4H3/b8-6-. The van der Waals surface area contributed by atoms with E-state index < -0.39 is 0 Å². The molecule has 0 aliphatic carbocycles. The number of allylic oxidation sites excluding steroid dienone is 2. The molecule has 0 saturated heterocycles. The summed E-state index contributed by atoms with van der Waals surface area (Å²) in [6.45, 7) is 9.26. The molecule has 0 saturated carbocycles. The molecular weight excluding hydrogens is 134 g/mol. The monoisotopic (exact) mass is 153 g/mol. The molecule has 1 nitrogen and oxygen atoms in total. The topological polar surface area (TPSA) is 3.24 Å². The van der Waals surface area contributed by atoms with Crippen molar-refractivity contribution in [3.05, 3.63) is 24.4 Å². The van der Waals surface area contributed by atoms with E-state index >= 15 is 0 Å². The first-order chi connectivity index (χ1) is 5.22. The van der Waals surface area contributed by atoms with Gasteiger partial charge in [0, 0.05) is 19.3 Å². The van der Waals surface area contributed by atoms with Crippen LogP contribution in [0.25, 0.3) is 0 Å². The lowest BCUT2D eigenvalue weighted by Gasteiger charge is -2.18. The highest BCUT2D eigenvalue weighted by Crippen LogP contribution is 2.01. The molecule has 0 aromatic heterocycles. The minimum absolute atomic E-state index is 1.10. The molecule has 0 heterocycles. The maximum atomic E-state index is 3.94. The van der Waals surface area contributed by atoms with E-state index in [1.54, 1.807) is 0 Å². The average molecular weight is 153 g/mol. The lowest BCUT2D eigenvalue weighted by molar-refractivity contribution is 0.419. The molecule has 0 aliphatic rings. The Hall–Kier alpha value is -0.720. The van der Waals surface area contributed by atoms with Gasteiger partial charge in [-0.05, 0) is 19.4 Å². The fourth-order valence-corrected chi connectivity index (χ4v) is 0.859. The van der Waals surface area contributed by atoms with E-state index in [1.807, 2.05) is 19.1 Å². The molecule has 1 heteroatoms. The maximum absolute atomic E-state index is 3.94. The van der Waals surface area contributed by atoms with Crippen LogP contribution in [0.15, 0.2) is 24.4 Å². The number of likely N-dealkylation sites (N-methyl/N-ethyl adjacent to an activating group) is 1. The van der Waals surface area contributed by atoms with Crippen molar-refractivity contribution >= 4 is 0 Å². The van der Waals surface area contributed by atoms with Gasteiger partial charge in [-0.2, -0.15) is 0 Å². The van der Waals surface area contributed by atoms with Crippen molar-refractivity contribution in [1.29, 1.82) is 0 Å². The van der Waals surface area contributed by atoms with Crippen LogP contribution in [0.3, 0.4) is 0 Å². The van der Waals surface area contributed by atoms with Gasteiger partial charge in [0.1, 0.15) is 0 Å². The van der Waals surface area contributed by atoms with Crippen molar-refractivity contribution in [3.8, 4) is 0 Å². The molecular formula is C10H19N. The predicted molar refractivity (Wildman–Crippen MR) is 51.5 cm³/mol. The molecule has 11 heavy (non-hydrogen) atoms. The van der Waals surface area contributed by atoms with Crippen molar-refractivity contribution in [2.75, 3.05) is 13.6 Å². The van der Waals surface area contributed by atoms with Crippen LogP contribution in [0.2, 0.25) is 0 Å². The third-order valence-corrected chi connectivity index (χ3v) is 1.70. The Morgan fingerprint density at radius 1 is 1.55 bits per heavy atom. The second kappa shape index (κ2) is 6.02. The first kappa shape index (κ1) is 10.3. The summed E-state index contributed by atoms with van der Waals surface area (Å²) < 4.78 is 0. The summed E-state index contributed by atoms with van der Waals surface area (Å²) in [4.78, 5) is 2.18. The van der Waals surface area contributed by atoms with E-state index in [4.69, 9.17) is 0 Å². The molecule has 64 valence electrons. The number of hydrogen-bond donors (Lipinski definition) is 0. The Balaban J connectivity index is 3.64. The van der Waals surface area contributed by atoms with Gasteiger partial charge < -0.3 is 4.90 Å². The van der Waals surface area contributed by atoms with E-state index in [2.05, 4.69) is 25.5 Å². The average Bonchev–Trinajstić information content (AvgIpc) is 2.00. The van der Waals surface area contributed by atoms with Crippen molar-refractivity contribution in [3.63, 3.8) is 0 Å². The molecule has 0 amide bonds. The van der Waals surface area contributed by atoms with Crippen LogP contribution in [0.4, 0.5) is 0 Å². The van der Waals surface area contributed by atoms with Gasteiger partial charge in [-0.1, -0.05) is 26.0 Å². The number of unbranched alkanes of at least 4 members (excludes halogenated alkanes) is 1. The number of nitrogens with zero attached hydrogens (tertiary/aromatic N) is 1. The van der Waals surface area contributed by atoms with E-state index in [0.717, 1.165) is 12.2 Å². The molecule has 0 fully saturated rings. The largest absolute Gasteiger partial charge is 0.375 e. The zero-order valence-electron chi connectivity index (χ0n) is 7.93. The zero-order valence-corrected chi connectivity index (χ0v) is 7.93. The first-order valence-electron chi connectivity index (χ1n) is 4.25. The molecule has 0 bridgehead atoms. The summed E-state index contributed by atoms with van der Waals surface area (Å²) in [5.74, 6) is 0. The van der Waals surface area contributed by atoms with Gasteiger partial charge in [-0.25, -0.2) is 0 Å². The molecule has 0 atom stereocenters. The number of hydrogen-bond acceptors (Lipinski definition) is 1. The van der Waals surface area contributed by atoms with Crippen LogP contribution in [0, 0.1) is 0 Å². The van der Waals surface area contributed by atoms with Crippen LogP contribution in [0.1, 0.15) is 26.7 Å². The zero-order chi connectivity index (χ0) is 8.69. The van der Waals surface area contributed by atoms with Crippen LogP contribution < -0.4 is 0 Å². The summed E-state index contributed by atoms with van der Waals surface area (Å²) in [5, 5.41) is 0. The Morgan fingerprint density at radius 3 is 2.64 bits per heavy atom. The predicted octanol–water partition coefficient (Wildman–Crippen LogP) is 2.81. The Morgan fingerprint density at radius 2 is 2.18 bits per heavy atom. The normalized spacial score (nSPS) is 10.5. The highest BCUT2D eigenvalue weighted by Gasteiger charge is 1.95. The molecule has 0 spiro atoms. The molecule has 0 radical (unpaired) electrons. The second-order valence-corrected chi connectivity index (χ2v) is 2.77. The van der Waals surface area contributed by atoms with Crippen LogP contribution in [0.5, 0.6) is 0 Å². The molecule has 0 aliphatic heterocycles. The van der Waals surface area contributed by atoms with Gasteiger partial charge in [0.25, 0.3) is 0 Å². The fourth-order valence-electron chi connectivity index (χ4n) is 0.859. The third kappa shape index (κ3) is 4.65. The van der Waals surface area contributed by atoms with Gasteiger partial charge in [0.2, 0.25) is 0 Å². The van der Waals surface area contributed by atoms with Gasteiger partial charge >= 0.3 is 0 Å². The molecule has 0 rings (SSSR count). The summed E-state index contributed by atoms with van der Waals surface area (Å²) in [5.41, 5.74) is 1.10. The summed E-state index contributed by atoms with van der Waals surface area (Å²) in [7, 11) is 2.08. The van der Waals surface area contributed by atoms with E-state index in [-0.39, 0.29) is 0 Å². The van der Waals surface area contributed by atoms with Gasteiger partial charge in [-0.3, -0.25) is 0 Å². The Bertz CT molecular complexity index is 136. The third-order valence-electron chi connectivity index (χ3n) is 1.70. The van der Waals surface area contributed by atoms with Crippen LogP contribution >= 0.6 is 0 Å². The molecule has 0 aromatic rings. The van der Waals surface area contributed by atoms with E-state index in [9.17, 15) is 0 Å². The molecule has 0 N–H and O–H groups in total. The highest BCUT2D eigenvalue weighted by atomic mass is 15.1. The number of rotatable bonds is 5. The fraction of sp³-hybridized carbons (Fsp3) is 0.600. The quantitative estimate of drug-likeness (QED) is 0.549. The highest BCUT2D eigenvalue weighted by molar-refractivity contribution is 5.11. The summed E-state index contributed by atoms with van der Waals surface area (Å²) in [6.07, 6.45) is 6.54.